The van der Waals surface area contributed by atoms with E-state index in [-0.39, 0.29) is 24.1 Å². The van der Waals surface area contributed by atoms with E-state index in [4.69, 9.17) is 18.9 Å². The number of thioether (sulfide) groups is 1. The number of nitrogens with one attached hydrogen (secondary N) is 2. The third kappa shape index (κ3) is 7.28. The first-order valence-electron chi connectivity index (χ1n) is 12.7. The molecule has 0 spiro atoms. The van der Waals surface area contributed by atoms with Gasteiger partial charge in [-0.15, -0.1) is 10.2 Å². The molecule has 3 aromatic carbocycles. The summed E-state index contributed by atoms with van der Waals surface area (Å²) in [7, 11) is 4.60. The molecule has 0 atom stereocenters. The van der Waals surface area contributed by atoms with Crippen LogP contribution in [-0.4, -0.2) is 60.3 Å². The summed E-state index contributed by atoms with van der Waals surface area (Å²) in [4.78, 5) is 25.7. The van der Waals surface area contributed by atoms with Gasteiger partial charge in [-0.05, 0) is 61.5 Å². The zero-order chi connectivity index (χ0) is 29.2. The lowest BCUT2D eigenvalue weighted by Gasteiger charge is -2.14. The van der Waals surface area contributed by atoms with E-state index < -0.39 is 0 Å². The molecule has 0 radical (unpaired) electrons. The Hall–Kier alpha value is -4.71. The van der Waals surface area contributed by atoms with Crippen molar-refractivity contribution in [3.8, 4) is 28.7 Å². The number of carbonyl (C=O) groups is 2. The molecule has 0 aliphatic rings. The van der Waals surface area contributed by atoms with E-state index in [1.807, 2.05) is 31.2 Å². The van der Waals surface area contributed by atoms with E-state index in [9.17, 15) is 9.59 Å². The molecule has 0 saturated heterocycles. The molecule has 0 bridgehead atoms. The number of hydrogen-bond donors (Lipinski definition) is 2. The van der Waals surface area contributed by atoms with Gasteiger partial charge >= 0.3 is 0 Å². The second kappa shape index (κ2) is 14.1. The predicted molar refractivity (Wildman–Crippen MR) is 156 cm³/mol. The highest BCUT2D eigenvalue weighted by atomic mass is 32.2. The smallest absolute Gasteiger partial charge is 0.251 e. The van der Waals surface area contributed by atoms with Crippen LogP contribution in [0.3, 0.4) is 0 Å². The lowest BCUT2D eigenvalue weighted by molar-refractivity contribution is -0.113. The van der Waals surface area contributed by atoms with Gasteiger partial charge in [-0.3, -0.25) is 14.2 Å². The predicted octanol–water partition coefficient (Wildman–Crippen LogP) is 4.35. The maximum atomic E-state index is 13.0. The highest BCUT2D eigenvalue weighted by molar-refractivity contribution is 7.99. The number of hydrogen-bond acceptors (Lipinski definition) is 9. The second-order valence-corrected chi connectivity index (χ2v) is 9.40. The Morgan fingerprint density at radius 3 is 2.32 bits per heavy atom. The van der Waals surface area contributed by atoms with Crippen LogP contribution in [-0.2, 0) is 11.3 Å². The summed E-state index contributed by atoms with van der Waals surface area (Å²) in [5, 5.41) is 14.8. The summed E-state index contributed by atoms with van der Waals surface area (Å²) in [6.07, 6.45) is 0. The first-order valence-corrected chi connectivity index (χ1v) is 13.7. The van der Waals surface area contributed by atoms with Crippen molar-refractivity contribution < 1.29 is 28.5 Å². The number of amides is 2. The summed E-state index contributed by atoms with van der Waals surface area (Å²) in [5.74, 6) is 2.28. The van der Waals surface area contributed by atoms with Crippen molar-refractivity contribution in [2.45, 2.75) is 18.6 Å². The minimum Gasteiger partial charge on any atom is -0.495 e. The number of anilines is 1. The number of benzene rings is 3. The van der Waals surface area contributed by atoms with E-state index in [0.717, 1.165) is 5.75 Å². The topological polar surface area (TPSA) is 126 Å². The molecule has 11 nitrogen and oxygen atoms in total. The van der Waals surface area contributed by atoms with Crippen molar-refractivity contribution in [1.82, 2.24) is 20.1 Å². The minimum absolute atomic E-state index is 0.0666. The van der Waals surface area contributed by atoms with Crippen LogP contribution in [0.1, 0.15) is 23.1 Å². The molecule has 41 heavy (non-hydrogen) atoms. The Kier molecular flexibility index (Phi) is 10.1. The van der Waals surface area contributed by atoms with Crippen molar-refractivity contribution >= 4 is 29.3 Å². The van der Waals surface area contributed by atoms with E-state index >= 15 is 0 Å². The molecule has 2 amide bonds. The third-order valence-corrected chi connectivity index (χ3v) is 6.79. The average molecular weight is 578 g/mol. The molecule has 0 unspecified atom stereocenters. The fourth-order valence-corrected chi connectivity index (χ4v) is 4.70. The van der Waals surface area contributed by atoms with Crippen molar-refractivity contribution in [3.63, 3.8) is 0 Å². The van der Waals surface area contributed by atoms with Crippen LogP contribution in [0, 0.1) is 0 Å². The van der Waals surface area contributed by atoms with Crippen molar-refractivity contribution in [1.29, 1.82) is 0 Å². The van der Waals surface area contributed by atoms with Gasteiger partial charge in [-0.2, -0.15) is 0 Å². The van der Waals surface area contributed by atoms with Crippen LogP contribution >= 0.6 is 11.8 Å². The van der Waals surface area contributed by atoms with Crippen molar-refractivity contribution in [2.24, 2.45) is 0 Å². The van der Waals surface area contributed by atoms with Crippen LogP contribution in [0.4, 0.5) is 5.69 Å². The van der Waals surface area contributed by atoms with Gasteiger partial charge in [0, 0.05) is 11.3 Å². The monoisotopic (exact) mass is 577 g/mol. The fraction of sp³-hybridized carbons (Fsp3) is 0.241. The number of methoxy groups -OCH3 is 3. The van der Waals surface area contributed by atoms with Gasteiger partial charge < -0.3 is 29.6 Å². The summed E-state index contributed by atoms with van der Waals surface area (Å²) < 4.78 is 23.3. The Morgan fingerprint density at radius 1 is 0.878 bits per heavy atom. The summed E-state index contributed by atoms with van der Waals surface area (Å²) in [6, 6.07) is 19.4. The molecule has 1 heterocycles. The molecule has 0 fully saturated rings. The first kappa shape index (κ1) is 29.3. The molecule has 1 aromatic heterocycles. The Labute approximate surface area is 242 Å². The number of aromatic nitrogens is 3. The quantitative estimate of drug-likeness (QED) is 0.223. The van der Waals surface area contributed by atoms with Gasteiger partial charge in [0.2, 0.25) is 5.91 Å². The van der Waals surface area contributed by atoms with Gasteiger partial charge in [0.15, 0.2) is 22.5 Å². The number of para-hydroxylation sites is 2. The van der Waals surface area contributed by atoms with Gasteiger partial charge in [-0.25, -0.2) is 0 Å². The highest BCUT2D eigenvalue weighted by Gasteiger charge is 2.20. The molecule has 0 saturated carbocycles. The van der Waals surface area contributed by atoms with Crippen LogP contribution < -0.4 is 29.6 Å². The Bertz CT molecular complexity index is 1490. The molecule has 214 valence electrons. The van der Waals surface area contributed by atoms with Gasteiger partial charge in [-0.1, -0.05) is 23.9 Å². The number of carbonyl (C=O) groups excluding carboxylic acids is 2. The summed E-state index contributed by atoms with van der Waals surface area (Å²) >= 11 is 1.21. The third-order valence-electron chi connectivity index (χ3n) is 5.86. The van der Waals surface area contributed by atoms with Gasteiger partial charge in [0.05, 0.1) is 45.9 Å². The van der Waals surface area contributed by atoms with E-state index in [1.54, 1.807) is 54.1 Å². The molecule has 0 aliphatic heterocycles. The molecule has 0 aliphatic carbocycles. The Balaban J connectivity index is 1.51. The summed E-state index contributed by atoms with van der Waals surface area (Å²) in [6.45, 7) is 2.54. The number of ether oxygens (including phenoxy) is 4. The van der Waals surface area contributed by atoms with Gasteiger partial charge in [0.1, 0.15) is 11.5 Å². The molecular weight excluding hydrogens is 546 g/mol. The van der Waals surface area contributed by atoms with Crippen molar-refractivity contribution in [2.75, 3.05) is 39.0 Å². The summed E-state index contributed by atoms with van der Waals surface area (Å²) in [5.41, 5.74) is 1.72. The lowest BCUT2D eigenvalue weighted by atomic mass is 10.2. The van der Waals surface area contributed by atoms with Crippen LogP contribution in [0.2, 0.25) is 0 Å². The van der Waals surface area contributed by atoms with E-state index in [0.29, 0.717) is 51.8 Å². The maximum Gasteiger partial charge on any atom is 0.251 e. The van der Waals surface area contributed by atoms with Crippen LogP contribution in [0.15, 0.2) is 71.9 Å². The fourth-order valence-electron chi connectivity index (χ4n) is 3.93. The zero-order valence-electron chi connectivity index (χ0n) is 23.2. The van der Waals surface area contributed by atoms with Crippen molar-refractivity contribution in [3.05, 3.63) is 78.1 Å². The maximum absolute atomic E-state index is 13.0. The molecule has 4 rings (SSSR count). The Morgan fingerprint density at radius 2 is 1.61 bits per heavy atom. The van der Waals surface area contributed by atoms with E-state index in [2.05, 4.69) is 20.8 Å². The average Bonchev–Trinajstić information content (AvgIpc) is 3.41. The standard InChI is InChI=1S/C29H31N5O6S/c1-5-40-21-13-11-20(12-14-21)31-27(35)18-41-29-33-32-26(34(29)22-8-6-7-9-23(22)37-2)17-30-28(36)19-10-15-24(38-3)25(16-19)39-4/h6-16H,5,17-18H2,1-4H3,(H,30,36)(H,31,35). The number of rotatable bonds is 13. The molecule has 4 aromatic rings. The molecular formula is C29H31N5O6S. The SMILES string of the molecule is CCOc1ccc(NC(=O)CSc2nnc(CNC(=O)c3ccc(OC)c(OC)c3)n2-c2ccccc2OC)cc1. The van der Waals surface area contributed by atoms with Crippen LogP contribution in [0.5, 0.6) is 23.0 Å². The molecule has 2 N–H and O–H groups in total. The zero-order valence-corrected chi connectivity index (χ0v) is 24.0. The molecule has 12 heteroatoms. The number of nitrogens with zero attached hydrogens (tertiary/aromatic N) is 3. The van der Waals surface area contributed by atoms with Gasteiger partial charge in [0.25, 0.3) is 5.91 Å². The van der Waals surface area contributed by atoms with Crippen LogP contribution in [0.25, 0.3) is 5.69 Å². The van der Waals surface area contributed by atoms with E-state index in [1.165, 1.54) is 26.0 Å². The highest BCUT2D eigenvalue weighted by Crippen LogP contribution is 2.30. The second-order valence-electron chi connectivity index (χ2n) is 8.45. The first-order chi connectivity index (χ1) is 20.0. The minimum atomic E-state index is -0.329. The lowest BCUT2D eigenvalue weighted by Crippen LogP contribution is -2.25. The largest absolute Gasteiger partial charge is 0.495 e. The normalized spacial score (nSPS) is 10.5.